The van der Waals surface area contributed by atoms with Crippen molar-refractivity contribution >= 4 is 21.8 Å². The van der Waals surface area contributed by atoms with Crippen LogP contribution in [0.25, 0.3) is 0 Å². The van der Waals surface area contributed by atoms with Crippen LogP contribution >= 0.6 is 15.9 Å². The number of methoxy groups -OCH3 is 2. The smallest absolute Gasteiger partial charge is 0.258 e. The molecule has 0 aliphatic rings. The molecule has 34 heavy (non-hydrogen) atoms. The van der Waals surface area contributed by atoms with Crippen molar-refractivity contribution in [2.75, 3.05) is 14.2 Å². The number of halogens is 1. The maximum absolute atomic E-state index is 13.8. The summed E-state index contributed by atoms with van der Waals surface area (Å²) in [7, 11) is 3.16. The molecular weight excluding hydrogens is 492 g/mol. The molecule has 0 saturated heterocycles. The Morgan fingerprint density at radius 3 is 2.32 bits per heavy atom. The number of carbonyl (C=O) groups is 1. The molecule has 0 fully saturated rings. The third-order valence-corrected chi connectivity index (χ3v) is 6.21. The average Bonchev–Trinajstić information content (AvgIpc) is 3.31. The van der Waals surface area contributed by atoms with Crippen LogP contribution in [0.1, 0.15) is 27.2 Å². The first-order chi connectivity index (χ1) is 16.6. The monoisotopic (exact) mass is 518 g/mol. The van der Waals surface area contributed by atoms with E-state index in [-0.39, 0.29) is 5.91 Å². The molecule has 0 saturated carbocycles. The van der Waals surface area contributed by atoms with Gasteiger partial charge < -0.3 is 18.9 Å². The van der Waals surface area contributed by atoms with Crippen molar-refractivity contribution in [1.82, 2.24) is 9.47 Å². The summed E-state index contributed by atoms with van der Waals surface area (Å²) < 4.78 is 14.1. The molecule has 1 amide bonds. The van der Waals surface area contributed by atoms with Gasteiger partial charge in [0.1, 0.15) is 11.5 Å². The van der Waals surface area contributed by atoms with Gasteiger partial charge in [0.25, 0.3) is 5.91 Å². The van der Waals surface area contributed by atoms with Gasteiger partial charge in [-0.1, -0.05) is 58.4 Å². The summed E-state index contributed by atoms with van der Waals surface area (Å²) in [5.74, 6) is 1.04. The lowest BCUT2D eigenvalue weighted by molar-refractivity contribution is 0.0722. The van der Waals surface area contributed by atoms with Crippen LogP contribution in [0.4, 0.5) is 0 Å². The van der Waals surface area contributed by atoms with Crippen molar-refractivity contribution in [2.45, 2.75) is 19.6 Å². The Kier molecular flexibility index (Phi) is 7.70. The third kappa shape index (κ3) is 5.69. The fraction of sp³-hybridized carbons (Fsp3) is 0.179. The van der Waals surface area contributed by atoms with Crippen molar-refractivity contribution in [3.8, 4) is 11.5 Å². The zero-order valence-corrected chi connectivity index (χ0v) is 20.9. The lowest BCUT2D eigenvalue weighted by atomic mass is 10.1. The minimum Gasteiger partial charge on any atom is -0.497 e. The van der Waals surface area contributed by atoms with Gasteiger partial charge >= 0.3 is 0 Å². The van der Waals surface area contributed by atoms with Crippen LogP contribution < -0.4 is 9.47 Å². The number of hydrogen-bond donors (Lipinski definition) is 0. The fourth-order valence-electron chi connectivity index (χ4n) is 3.88. The second kappa shape index (κ2) is 11.1. The number of aromatic nitrogens is 1. The van der Waals surface area contributed by atoms with Gasteiger partial charge in [0, 0.05) is 35.5 Å². The Labute approximate surface area is 208 Å². The van der Waals surface area contributed by atoms with Crippen LogP contribution in [-0.2, 0) is 19.6 Å². The number of benzene rings is 3. The van der Waals surface area contributed by atoms with E-state index in [1.807, 2.05) is 53.4 Å². The lowest BCUT2D eigenvalue weighted by Crippen LogP contribution is -2.31. The molecule has 4 rings (SSSR count). The van der Waals surface area contributed by atoms with E-state index in [4.69, 9.17) is 9.47 Å². The van der Waals surface area contributed by atoms with Crippen molar-refractivity contribution in [1.29, 1.82) is 0 Å². The standard InChI is InChI=1S/C28H27BrN2O3/c1-33-25-14-15-26(27(17-25)34-2)28(32)31(19-21-7-4-3-5-8-21)20-24-9-6-16-30(24)18-22-10-12-23(29)13-11-22/h3-17H,18-20H2,1-2H3. The Morgan fingerprint density at radius 1 is 0.853 bits per heavy atom. The first kappa shape index (κ1) is 23.6. The van der Waals surface area contributed by atoms with Gasteiger partial charge in [0.2, 0.25) is 0 Å². The molecule has 0 bridgehead atoms. The van der Waals surface area contributed by atoms with Crippen molar-refractivity contribution in [3.63, 3.8) is 0 Å². The molecule has 5 nitrogen and oxygen atoms in total. The zero-order chi connectivity index (χ0) is 23.9. The molecule has 0 radical (unpaired) electrons. The molecule has 0 aliphatic heterocycles. The van der Waals surface area contributed by atoms with E-state index < -0.39 is 0 Å². The average molecular weight is 519 g/mol. The topological polar surface area (TPSA) is 43.7 Å². The van der Waals surface area contributed by atoms with Crippen LogP contribution in [-0.4, -0.2) is 29.6 Å². The molecule has 0 aliphatic carbocycles. The molecule has 174 valence electrons. The fourth-order valence-corrected chi connectivity index (χ4v) is 4.14. The summed E-state index contributed by atoms with van der Waals surface area (Å²) in [4.78, 5) is 15.6. The molecule has 1 heterocycles. The van der Waals surface area contributed by atoms with Gasteiger partial charge in [-0.2, -0.15) is 0 Å². The van der Waals surface area contributed by atoms with Gasteiger partial charge in [-0.25, -0.2) is 0 Å². The number of nitrogens with zero attached hydrogens (tertiary/aromatic N) is 2. The minimum absolute atomic E-state index is 0.0975. The summed E-state index contributed by atoms with van der Waals surface area (Å²) in [6.45, 7) is 1.68. The van der Waals surface area contributed by atoms with Crippen LogP contribution in [0.15, 0.2) is 95.6 Å². The summed E-state index contributed by atoms with van der Waals surface area (Å²) in [5.41, 5.74) is 3.82. The minimum atomic E-state index is -0.0975. The van der Waals surface area contributed by atoms with E-state index in [9.17, 15) is 4.79 Å². The van der Waals surface area contributed by atoms with Gasteiger partial charge in [-0.15, -0.1) is 0 Å². The van der Waals surface area contributed by atoms with Crippen LogP contribution in [0.3, 0.4) is 0 Å². The van der Waals surface area contributed by atoms with E-state index in [0.29, 0.717) is 30.2 Å². The van der Waals surface area contributed by atoms with E-state index in [1.54, 1.807) is 32.4 Å². The van der Waals surface area contributed by atoms with Crippen LogP contribution in [0.2, 0.25) is 0 Å². The maximum Gasteiger partial charge on any atom is 0.258 e. The van der Waals surface area contributed by atoms with Crippen LogP contribution in [0.5, 0.6) is 11.5 Å². The molecule has 0 atom stereocenters. The summed E-state index contributed by atoms with van der Waals surface area (Å²) in [6.07, 6.45) is 2.05. The van der Waals surface area contributed by atoms with E-state index in [0.717, 1.165) is 22.3 Å². The molecule has 4 aromatic rings. The second-order valence-corrected chi connectivity index (χ2v) is 8.88. The Hall–Kier alpha value is -3.51. The quantitative estimate of drug-likeness (QED) is 0.266. The first-order valence-electron chi connectivity index (χ1n) is 11.0. The molecule has 6 heteroatoms. The van der Waals surface area contributed by atoms with Gasteiger partial charge in [0.15, 0.2) is 0 Å². The summed E-state index contributed by atoms with van der Waals surface area (Å²) in [6, 6.07) is 27.7. The highest BCUT2D eigenvalue weighted by molar-refractivity contribution is 9.10. The normalized spacial score (nSPS) is 10.7. The van der Waals surface area contributed by atoms with Crippen molar-refractivity contribution in [3.05, 3.63) is 118 Å². The predicted octanol–water partition coefficient (Wildman–Crippen LogP) is 6.16. The number of ether oxygens (including phenoxy) is 2. The molecule has 0 N–H and O–H groups in total. The largest absolute Gasteiger partial charge is 0.497 e. The van der Waals surface area contributed by atoms with Crippen LogP contribution in [0, 0.1) is 0 Å². The lowest BCUT2D eigenvalue weighted by Gasteiger charge is -2.25. The third-order valence-electron chi connectivity index (χ3n) is 5.69. The van der Waals surface area contributed by atoms with Gasteiger partial charge in [0.05, 0.1) is 26.3 Å². The number of carbonyl (C=O) groups excluding carboxylic acids is 1. The van der Waals surface area contributed by atoms with Crippen molar-refractivity contribution < 1.29 is 14.3 Å². The zero-order valence-electron chi connectivity index (χ0n) is 19.3. The highest BCUT2D eigenvalue weighted by Gasteiger charge is 2.22. The number of rotatable bonds is 9. The van der Waals surface area contributed by atoms with E-state index in [1.165, 1.54) is 5.56 Å². The highest BCUT2D eigenvalue weighted by Crippen LogP contribution is 2.27. The summed E-state index contributed by atoms with van der Waals surface area (Å²) in [5, 5.41) is 0. The molecule has 0 unspecified atom stereocenters. The van der Waals surface area contributed by atoms with Gasteiger partial charge in [-0.05, 0) is 47.5 Å². The summed E-state index contributed by atoms with van der Waals surface area (Å²) >= 11 is 3.49. The number of amides is 1. The molecule has 1 aromatic heterocycles. The Bertz CT molecular complexity index is 1240. The SMILES string of the molecule is COc1ccc(C(=O)N(Cc2ccccc2)Cc2cccn2Cc2ccc(Br)cc2)c(OC)c1. The Morgan fingerprint density at radius 2 is 1.62 bits per heavy atom. The van der Waals surface area contributed by atoms with Crippen molar-refractivity contribution in [2.24, 2.45) is 0 Å². The maximum atomic E-state index is 13.8. The predicted molar refractivity (Wildman–Crippen MR) is 137 cm³/mol. The Balaban J connectivity index is 1.63. The second-order valence-electron chi connectivity index (χ2n) is 7.97. The number of hydrogen-bond acceptors (Lipinski definition) is 3. The van der Waals surface area contributed by atoms with Gasteiger partial charge in [-0.3, -0.25) is 4.79 Å². The highest BCUT2D eigenvalue weighted by atomic mass is 79.9. The molecule has 0 spiro atoms. The first-order valence-corrected chi connectivity index (χ1v) is 11.8. The molecular formula is C28H27BrN2O3. The molecule has 3 aromatic carbocycles. The van der Waals surface area contributed by atoms with E-state index in [2.05, 4.69) is 44.9 Å². The van der Waals surface area contributed by atoms with E-state index >= 15 is 0 Å².